The lowest BCUT2D eigenvalue weighted by Crippen LogP contribution is -2.44. The quantitative estimate of drug-likeness (QED) is 0.331. The lowest BCUT2D eigenvalue weighted by molar-refractivity contribution is 0.0976. The van der Waals surface area contributed by atoms with Gasteiger partial charge in [-0.15, -0.1) is 0 Å². The predicted octanol–water partition coefficient (Wildman–Crippen LogP) is 6.40. The molecule has 6 rings (SSSR count). The van der Waals surface area contributed by atoms with Crippen LogP contribution in [0.5, 0.6) is 0 Å². The van der Waals surface area contributed by atoms with Gasteiger partial charge in [-0.2, -0.15) is 0 Å². The molecule has 1 N–H and O–H groups in total. The maximum absolute atomic E-state index is 13.7. The smallest absolute Gasteiger partial charge is 0.258 e. The molecule has 0 aromatic heterocycles. The molecule has 2 amide bonds. The zero-order valence-corrected chi connectivity index (χ0v) is 21.1. The number of nitrogens with one attached hydrogen (secondary N) is 1. The molecule has 2 aliphatic rings. The molecular formula is C33H29N3O2. The van der Waals surface area contributed by atoms with Gasteiger partial charge in [0.15, 0.2) is 0 Å². The van der Waals surface area contributed by atoms with Crippen molar-refractivity contribution < 1.29 is 9.59 Å². The summed E-state index contributed by atoms with van der Waals surface area (Å²) >= 11 is 0. The Morgan fingerprint density at radius 1 is 0.763 bits per heavy atom. The van der Waals surface area contributed by atoms with Gasteiger partial charge in [-0.25, -0.2) is 0 Å². The van der Waals surface area contributed by atoms with E-state index < -0.39 is 0 Å². The molecule has 0 bridgehead atoms. The standard InChI is InChI=1S/C33H29N3O2/c37-32(30-15-6-5-14-29(30)24-10-2-1-3-11-24)34-27-19-17-25(18-20-27)33(38)36-23-28-13-8-9-21-35(28)22-26-12-4-7-16-31(26)36/h1-12,14-20,28H,13,21-23H2,(H,34,37). The number of amides is 2. The Morgan fingerprint density at radius 2 is 1.50 bits per heavy atom. The third kappa shape index (κ3) is 4.76. The fourth-order valence-electron chi connectivity index (χ4n) is 5.37. The van der Waals surface area contributed by atoms with E-state index in [0.717, 1.165) is 36.3 Å². The van der Waals surface area contributed by atoms with E-state index in [1.807, 2.05) is 77.7 Å². The van der Waals surface area contributed by atoms with Gasteiger partial charge in [0.05, 0.1) is 0 Å². The molecule has 2 heterocycles. The number of carbonyl (C=O) groups is 2. The van der Waals surface area contributed by atoms with Gasteiger partial charge in [0.25, 0.3) is 11.8 Å². The van der Waals surface area contributed by atoms with Gasteiger partial charge in [0.1, 0.15) is 0 Å². The average Bonchev–Trinajstić information content (AvgIpc) is 3.14. The Balaban J connectivity index is 1.22. The molecule has 1 unspecified atom stereocenters. The molecule has 2 aliphatic heterocycles. The lowest BCUT2D eigenvalue weighted by atomic mass is 9.99. The highest BCUT2D eigenvalue weighted by atomic mass is 16.2. The van der Waals surface area contributed by atoms with Crippen molar-refractivity contribution in [3.05, 3.63) is 132 Å². The zero-order chi connectivity index (χ0) is 25.9. The molecule has 5 heteroatoms. The van der Waals surface area contributed by atoms with Crippen LogP contribution in [0.4, 0.5) is 11.4 Å². The van der Waals surface area contributed by atoms with Crippen LogP contribution >= 0.6 is 0 Å². The Bertz CT molecular complexity index is 1490. The summed E-state index contributed by atoms with van der Waals surface area (Å²) in [5.41, 5.74) is 5.86. The number of benzene rings is 4. The lowest BCUT2D eigenvalue weighted by Gasteiger charge is -2.32. The van der Waals surface area contributed by atoms with Crippen LogP contribution in [-0.2, 0) is 6.54 Å². The van der Waals surface area contributed by atoms with E-state index in [4.69, 9.17) is 0 Å². The van der Waals surface area contributed by atoms with Crippen molar-refractivity contribution in [2.45, 2.75) is 19.0 Å². The first kappa shape index (κ1) is 23.9. The molecule has 0 aliphatic carbocycles. The molecular weight excluding hydrogens is 470 g/mol. The van der Waals surface area contributed by atoms with E-state index >= 15 is 0 Å². The van der Waals surface area contributed by atoms with Crippen molar-refractivity contribution in [3.8, 4) is 11.1 Å². The first-order valence-corrected chi connectivity index (χ1v) is 13.0. The van der Waals surface area contributed by atoms with Gasteiger partial charge in [-0.05, 0) is 59.5 Å². The molecule has 0 saturated heterocycles. The summed E-state index contributed by atoms with van der Waals surface area (Å²) in [7, 11) is 0. The van der Waals surface area contributed by atoms with Crippen LogP contribution in [0, 0.1) is 0 Å². The van der Waals surface area contributed by atoms with Crippen LogP contribution in [0.15, 0.2) is 115 Å². The van der Waals surface area contributed by atoms with E-state index in [1.54, 1.807) is 24.3 Å². The van der Waals surface area contributed by atoms with Gasteiger partial charge < -0.3 is 10.2 Å². The first-order valence-electron chi connectivity index (χ1n) is 13.0. The number of carbonyl (C=O) groups excluding carboxylic acids is 2. The average molecular weight is 500 g/mol. The summed E-state index contributed by atoms with van der Waals surface area (Å²) in [6.07, 6.45) is 5.36. The van der Waals surface area contributed by atoms with Crippen LogP contribution in [0.2, 0.25) is 0 Å². The minimum Gasteiger partial charge on any atom is -0.322 e. The highest BCUT2D eigenvalue weighted by molar-refractivity contribution is 6.10. The van der Waals surface area contributed by atoms with E-state index in [1.165, 1.54) is 5.56 Å². The van der Waals surface area contributed by atoms with E-state index in [2.05, 4.69) is 28.4 Å². The Kier molecular flexibility index (Phi) is 6.59. The maximum atomic E-state index is 13.7. The molecule has 38 heavy (non-hydrogen) atoms. The minimum atomic E-state index is -0.185. The van der Waals surface area contributed by atoms with Crippen molar-refractivity contribution in [1.82, 2.24) is 4.90 Å². The van der Waals surface area contributed by atoms with Crippen LogP contribution in [-0.4, -0.2) is 35.8 Å². The molecule has 188 valence electrons. The number of rotatable bonds is 4. The normalized spacial score (nSPS) is 16.7. The fourth-order valence-corrected chi connectivity index (χ4v) is 5.37. The number of hydrogen-bond donors (Lipinski definition) is 1. The minimum absolute atomic E-state index is 0.0267. The van der Waals surface area contributed by atoms with Crippen LogP contribution in [0.25, 0.3) is 11.1 Å². The molecule has 1 atom stereocenters. The second-order valence-corrected chi connectivity index (χ2v) is 9.78. The number of fused-ring (bicyclic) bond motifs is 2. The number of nitrogens with zero attached hydrogens (tertiary/aromatic N) is 2. The third-order valence-corrected chi connectivity index (χ3v) is 7.37. The Hall–Kier alpha value is -4.48. The summed E-state index contributed by atoms with van der Waals surface area (Å²) in [4.78, 5) is 31.3. The van der Waals surface area contributed by atoms with Crippen LogP contribution in [0.1, 0.15) is 32.7 Å². The number of hydrogen-bond acceptors (Lipinski definition) is 3. The van der Waals surface area contributed by atoms with Gasteiger partial charge in [-0.3, -0.25) is 14.5 Å². The Labute approximate surface area is 223 Å². The van der Waals surface area contributed by atoms with Crippen molar-refractivity contribution in [1.29, 1.82) is 0 Å². The largest absolute Gasteiger partial charge is 0.322 e. The summed E-state index contributed by atoms with van der Waals surface area (Å²) in [6.45, 7) is 2.39. The summed E-state index contributed by atoms with van der Waals surface area (Å²) in [5.74, 6) is -0.212. The third-order valence-electron chi connectivity index (χ3n) is 7.37. The molecule has 0 radical (unpaired) electrons. The van der Waals surface area contributed by atoms with Crippen molar-refractivity contribution >= 4 is 23.2 Å². The molecule has 5 nitrogen and oxygen atoms in total. The van der Waals surface area contributed by atoms with Gasteiger partial charge in [0.2, 0.25) is 0 Å². The second kappa shape index (κ2) is 10.5. The van der Waals surface area contributed by atoms with Gasteiger partial charge >= 0.3 is 0 Å². The second-order valence-electron chi connectivity index (χ2n) is 9.78. The molecule has 0 saturated carbocycles. The van der Waals surface area contributed by atoms with Crippen molar-refractivity contribution in [2.24, 2.45) is 0 Å². The molecule has 4 aromatic carbocycles. The SMILES string of the molecule is O=C(Nc1ccc(C(=O)N2CC3CC=CCN3Cc3ccccc32)cc1)c1ccccc1-c1ccccc1. The highest BCUT2D eigenvalue weighted by Crippen LogP contribution is 2.31. The van der Waals surface area contributed by atoms with Crippen molar-refractivity contribution in [2.75, 3.05) is 23.3 Å². The van der Waals surface area contributed by atoms with E-state index in [9.17, 15) is 9.59 Å². The van der Waals surface area contributed by atoms with Gasteiger partial charge in [0, 0.05) is 48.2 Å². The van der Waals surface area contributed by atoms with Crippen LogP contribution in [0.3, 0.4) is 0 Å². The first-order chi connectivity index (χ1) is 18.7. The fraction of sp³-hybridized carbons (Fsp3) is 0.152. The summed E-state index contributed by atoms with van der Waals surface area (Å²) < 4.78 is 0. The Morgan fingerprint density at radius 3 is 2.34 bits per heavy atom. The maximum Gasteiger partial charge on any atom is 0.258 e. The van der Waals surface area contributed by atoms with Gasteiger partial charge in [-0.1, -0.05) is 78.9 Å². The molecule has 0 spiro atoms. The molecule has 0 fully saturated rings. The van der Waals surface area contributed by atoms with Crippen LogP contribution < -0.4 is 10.2 Å². The van der Waals surface area contributed by atoms with E-state index in [0.29, 0.717) is 29.4 Å². The number of anilines is 2. The number of para-hydroxylation sites is 1. The summed E-state index contributed by atoms with van der Waals surface area (Å²) in [5, 5.41) is 3.00. The van der Waals surface area contributed by atoms with Crippen molar-refractivity contribution in [3.63, 3.8) is 0 Å². The summed E-state index contributed by atoms with van der Waals surface area (Å²) in [6, 6.07) is 33.1. The zero-order valence-electron chi connectivity index (χ0n) is 21.1. The topological polar surface area (TPSA) is 52.7 Å². The van der Waals surface area contributed by atoms with E-state index in [-0.39, 0.29) is 11.8 Å². The predicted molar refractivity (Wildman–Crippen MR) is 152 cm³/mol. The monoisotopic (exact) mass is 499 g/mol. The molecule has 4 aromatic rings. The highest BCUT2D eigenvalue weighted by Gasteiger charge is 2.31.